The van der Waals surface area contributed by atoms with Gasteiger partial charge in [-0.3, -0.25) is 9.89 Å². The third kappa shape index (κ3) is 2.97. The third-order valence-electron chi connectivity index (χ3n) is 3.83. The van der Waals surface area contributed by atoms with Crippen molar-refractivity contribution in [3.63, 3.8) is 0 Å². The van der Waals surface area contributed by atoms with E-state index in [1.807, 2.05) is 44.2 Å². The molecule has 1 amide bonds. The highest BCUT2D eigenvalue weighted by Gasteiger charge is 2.28. The lowest BCUT2D eigenvalue weighted by Crippen LogP contribution is -2.23. The van der Waals surface area contributed by atoms with Crippen molar-refractivity contribution in [2.45, 2.75) is 26.4 Å². The maximum absolute atomic E-state index is 12.1. The summed E-state index contributed by atoms with van der Waals surface area (Å²) in [6.45, 7) is 4.52. The van der Waals surface area contributed by atoms with Gasteiger partial charge in [0.1, 0.15) is 0 Å². The molecule has 0 bridgehead atoms. The molecule has 110 valence electrons. The predicted molar refractivity (Wildman–Crippen MR) is 80.9 cm³/mol. The molecule has 3 rings (SSSR count). The number of hydrogen-bond donors (Lipinski definition) is 2. The number of aromatic amines is 1. The van der Waals surface area contributed by atoms with Gasteiger partial charge in [0.2, 0.25) is 5.91 Å². The molecule has 1 saturated heterocycles. The van der Waals surface area contributed by atoms with E-state index in [1.165, 1.54) is 0 Å². The van der Waals surface area contributed by atoms with E-state index in [1.54, 1.807) is 0 Å². The van der Waals surface area contributed by atoms with Crippen LogP contribution >= 0.6 is 0 Å². The summed E-state index contributed by atoms with van der Waals surface area (Å²) in [5.74, 6) is 0.443. The molecular weight excluding hydrogens is 266 g/mol. The summed E-state index contributed by atoms with van der Waals surface area (Å²) >= 11 is 0. The van der Waals surface area contributed by atoms with Crippen LogP contribution in [0.1, 0.15) is 18.9 Å². The summed E-state index contributed by atoms with van der Waals surface area (Å²) in [7, 11) is 0. The Morgan fingerprint density at radius 2 is 2.24 bits per heavy atom. The standard InChI is InChI=1S/C16H19N3O2/c1-10-5-3-4-6-13(10)14-8-15(19-18-14)17-16(20)12-7-11(2)21-9-12/h3-6,8,11-12H,7,9H2,1-2H3,(H2,17,18,19,20)/t11-,12+/m1/s1. The molecule has 0 saturated carbocycles. The first-order chi connectivity index (χ1) is 10.1. The molecule has 0 aliphatic carbocycles. The first-order valence-electron chi connectivity index (χ1n) is 7.17. The van der Waals surface area contributed by atoms with Gasteiger partial charge in [-0.1, -0.05) is 24.3 Å². The van der Waals surface area contributed by atoms with Crippen LogP contribution in [0.5, 0.6) is 0 Å². The van der Waals surface area contributed by atoms with Crippen LogP contribution in [0.3, 0.4) is 0 Å². The zero-order valence-electron chi connectivity index (χ0n) is 12.2. The summed E-state index contributed by atoms with van der Waals surface area (Å²) in [6.07, 6.45) is 0.920. The molecule has 5 heteroatoms. The number of aryl methyl sites for hydroxylation is 1. The van der Waals surface area contributed by atoms with Crippen molar-refractivity contribution < 1.29 is 9.53 Å². The second-order valence-electron chi connectivity index (χ2n) is 5.55. The summed E-state index contributed by atoms with van der Waals surface area (Å²) < 4.78 is 5.43. The molecule has 0 radical (unpaired) electrons. The highest BCUT2D eigenvalue weighted by Crippen LogP contribution is 2.24. The Labute approximate surface area is 123 Å². The van der Waals surface area contributed by atoms with Crippen molar-refractivity contribution in [3.8, 4) is 11.3 Å². The van der Waals surface area contributed by atoms with E-state index < -0.39 is 0 Å². The van der Waals surface area contributed by atoms with Crippen molar-refractivity contribution in [1.29, 1.82) is 0 Å². The molecule has 1 aliphatic heterocycles. The van der Waals surface area contributed by atoms with Gasteiger partial charge in [-0.2, -0.15) is 5.10 Å². The van der Waals surface area contributed by atoms with Crippen LogP contribution in [0.15, 0.2) is 30.3 Å². The fourth-order valence-electron chi connectivity index (χ4n) is 2.63. The first kappa shape index (κ1) is 13.8. The lowest BCUT2D eigenvalue weighted by molar-refractivity contribution is -0.119. The Kier molecular flexibility index (Phi) is 3.75. The molecule has 2 atom stereocenters. The van der Waals surface area contributed by atoms with Crippen molar-refractivity contribution in [2.75, 3.05) is 11.9 Å². The topological polar surface area (TPSA) is 67.0 Å². The van der Waals surface area contributed by atoms with Crippen LogP contribution in [0.4, 0.5) is 5.82 Å². The number of ether oxygens (including phenoxy) is 1. The lowest BCUT2D eigenvalue weighted by atomic mass is 10.1. The molecule has 1 aromatic carbocycles. The minimum atomic E-state index is -0.0846. The van der Waals surface area contributed by atoms with Gasteiger partial charge in [-0.25, -0.2) is 0 Å². The summed E-state index contributed by atoms with van der Waals surface area (Å²) in [4.78, 5) is 12.1. The Balaban J connectivity index is 1.71. The monoisotopic (exact) mass is 285 g/mol. The first-order valence-corrected chi connectivity index (χ1v) is 7.17. The molecule has 5 nitrogen and oxygen atoms in total. The Morgan fingerprint density at radius 1 is 1.43 bits per heavy atom. The molecule has 0 unspecified atom stereocenters. The number of hydrogen-bond acceptors (Lipinski definition) is 3. The van der Waals surface area contributed by atoms with Crippen LogP contribution in [-0.2, 0) is 9.53 Å². The molecule has 0 spiro atoms. The summed E-state index contributed by atoms with van der Waals surface area (Å²) in [5.41, 5.74) is 3.15. The predicted octanol–water partition coefficient (Wildman–Crippen LogP) is 2.75. The highest BCUT2D eigenvalue weighted by atomic mass is 16.5. The fraction of sp³-hybridized carbons (Fsp3) is 0.375. The molecule has 2 heterocycles. The van der Waals surface area contributed by atoms with Gasteiger partial charge < -0.3 is 10.1 Å². The maximum Gasteiger partial charge on any atom is 0.231 e. The van der Waals surface area contributed by atoms with Gasteiger partial charge in [0.25, 0.3) is 0 Å². The van der Waals surface area contributed by atoms with E-state index in [0.717, 1.165) is 23.2 Å². The third-order valence-corrected chi connectivity index (χ3v) is 3.83. The Hall–Kier alpha value is -2.14. The number of anilines is 1. The molecule has 2 N–H and O–H groups in total. The molecular formula is C16H19N3O2. The normalized spacial score (nSPS) is 21.4. The van der Waals surface area contributed by atoms with E-state index in [9.17, 15) is 4.79 Å². The smallest absolute Gasteiger partial charge is 0.231 e. The van der Waals surface area contributed by atoms with Gasteiger partial charge in [-0.05, 0) is 25.8 Å². The highest BCUT2D eigenvalue weighted by molar-refractivity contribution is 5.92. The second-order valence-corrected chi connectivity index (χ2v) is 5.55. The van der Waals surface area contributed by atoms with E-state index in [2.05, 4.69) is 15.5 Å². The number of rotatable bonds is 3. The minimum absolute atomic E-state index is 0.0258. The zero-order chi connectivity index (χ0) is 14.8. The van der Waals surface area contributed by atoms with E-state index in [-0.39, 0.29) is 17.9 Å². The van der Waals surface area contributed by atoms with Crippen molar-refractivity contribution in [3.05, 3.63) is 35.9 Å². The Morgan fingerprint density at radius 3 is 2.95 bits per heavy atom. The molecule has 2 aromatic rings. The average molecular weight is 285 g/mol. The minimum Gasteiger partial charge on any atom is -0.378 e. The zero-order valence-corrected chi connectivity index (χ0v) is 12.2. The molecule has 1 aromatic heterocycles. The molecule has 21 heavy (non-hydrogen) atoms. The van der Waals surface area contributed by atoms with Crippen molar-refractivity contribution in [2.24, 2.45) is 5.92 Å². The van der Waals surface area contributed by atoms with Gasteiger partial charge in [0.05, 0.1) is 24.3 Å². The maximum atomic E-state index is 12.1. The van der Waals surface area contributed by atoms with Gasteiger partial charge in [0, 0.05) is 11.6 Å². The van der Waals surface area contributed by atoms with Crippen LogP contribution < -0.4 is 5.32 Å². The van der Waals surface area contributed by atoms with Crippen molar-refractivity contribution >= 4 is 11.7 Å². The van der Waals surface area contributed by atoms with E-state index in [0.29, 0.717) is 12.4 Å². The van der Waals surface area contributed by atoms with E-state index >= 15 is 0 Å². The largest absolute Gasteiger partial charge is 0.378 e. The number of H-pyrrole nitrogens is 1. The summed E-state index contributed by atoms with van der Waals surface area (Å²) in [6, 6.07) is 9.92. The molecule has 1 fully saturated rings. The van der Waals surface area contributed by atoms with Crippen LogP contribution in [0.25, 0.3) is 11.3 Å². The SMILES string of the molecule is Cc1ccccc1-c1cc(NC(=O)[C@@H]2CO[C@H](C)C2)n[nH]1. The van der Waals surface area contributed by atoms with Crippen LogP contribution in [-0.4, -0.2) is 28.8 Å². The number of carbonyl (C=O) groups excluding carboxylic acids is 1. The number of nitrogens with zero attached hydrogens (tertiary/aromatic N) is 1. The number of benzene rings is 1. The number of amides is 1. The van der Waals surface area contributed by atoms with Crippen LogP contribution in [0.2, 0.25) is 0 Å². The average Bonchev–Trinajstić information content (AvgIpc) is 3.08. The Bertz CT molecular complexity index is 650. The summed E-state index contributed by atoms with van der Waals surface area (Å²) in [5, 5.41) is 9.99. The second kappa shape index (κ2) is 5.69. The van der Waals surface area contributed by atoms with Gasteiger partial charge in [0.15, 0.2) is 5.82 Å². The van der Waals surface area contributed by atoms with Gasteiger partial charge >= 0.3 is 0 Å². The number of nitrogens with one attached hydrogen (secondary N) is 2. The number of carbonyl (C=O) groups is 1. The fourth-order valence-corrected chi connectivity index (χ4v) is 2.63. The number of aromatic nitrogens is 2. The van der Waals surface area contributed by atoms with Crippen LogP contribution in [0, 0.1) is 12.8 Å². The van der Waals surface area contributed by atoms with Gasteiger partial charge in [-0.15, -0.1) is 0 Å². The quantitative estimate of drug-likeness (QED) is 0.911. The molecule has 1 aliphatic rings. The lowest BCUT2D eigenvalue weighted by Gasteiger charge is -2.06. The van der Waals surface area contributed by atoms with Crippen molar-refractivity contribution in [1.82, 2.24) is 10.2 Å². The van der Waals surface area contributed by atoms with E-state index in [4.69, 9.17) is 4.74 Å².